The summed E-state index contributed by atoms with van der Waals surface area (Å²) in [6.45, 7) is 7.14. The number of morpholine rings is 1. The number of carbonyl (C=O) groups is 1. The smallest absolute Gasteiger partial charge is 0.237 e. The maximum absolute atomic E-state index is 11.0. The van der Waals surface area contributed by atoms with Crippen LogP contribution in [0.15, 0.2) is 0 Å². The molecular weight excluding hydrogens is 168 g/mol. The lowest BCUT2D eigenvalue weighted by Gasteiger charge is -2.34. The van der Waals surface area contributed by atoms with Gasteiger partial charge in [0.1, 0.15) is 6.04 Å². The number of ether oxygens (including phenoxy) is 1. The van der Waals surface area contributed by atoms with E-state index in [-0.39, 0.29) is 11.9 Å². The van der Waals surface area contributed by atoms with E-state index in [4.69, 9.17) is 10.5 Å². The van der Waals surface area contributed by atoms with Gasteiger partial charge in [-0.1, -0.05) is 13.8 Å². The average molecular weight is 186 g/mol. The van der Waals surface area contributed by atoms with Gasteiger partial charge in [0.25, 0.3) is 0 Å². The monoisotopic (exact) mass is 186 g/mol. The van der Waals surface area contributed by atoms with Gasteiger partial charge in [0, 0.05) is 13.1 Å². The molecule has 1 amide bonds. The molecule has 1 saturated heterocycles. The first-order valence-electron chi connectivity index (χ1n) is 4.72. The first kappa shape index (κ1) is 10.5. The third kappa shape index (κ3) is 2.97. The van der Waals surface area contributed by atoms with Gasteiger partial charge in [-0.05, 0) is 5.92 Å². The number of hydrogen-bond acceptors (Lipinski definition) is 3. The molecule has 13 heavy (non-hydrogen) atoms. The summed E-state index contributed by atoms with van der Waals surface area (Å²) in [5.74, 6) is 0.278. The summed E-state index contributed by atoms with van der Waals surface area (Å²) in [7, 11) is 0. The second-order valence-electron chi connectivity index (χ2n) is 3.88. The molecule has 0 bridgehead atoms. The van der Waals surface area contributed by atoms with Gasteiger partial charge in [0.05, 0.1) is 13.2 Å². The summed E-state index contributed by atoms with van der Waals surface area (Å²) in [4.78, 5) is 13.2. The Bertz CT molecular complexity index is 182. The molecule has 1 atom stereocenters. The van der Waals surface area contributed by atoms with E-state index in [1.54, 1.807) is 0 Å². The SMILES string of the molecule is CC(C)CN1CCOC[C@@H]1C(N)=O. The van der Waals surface area contributed by atoms with Gasteiger partial charge in [-0.2, -0.15) is 0 Å². The predicted octanol–water partition coefficient (Wildman–Crippen LogP) is -0.171. The van der Waals surface area contributed by atoms with E-state index >= 15 is 0 Å². The lowest BCUT2D eigenvalue weighted by atomic mass is 10.1. The Morgan fingerprint density at radius 2 is 2.38 bits per heavy atom. The van der Waals surface area contributed by atoms with E-state index in [0.29, 0.717) is 19.1 Å². The Balaban J connectivity index is 2.51. The van der Waals surface area contributed by atoms with Crippen LogP contribution in [0.1, 0.15) is 13.8 Å². The van der Waals surface area contributed by atoms with Crippen molar-refractivity contribution in [3.63, 3.8) is 0 Å². The molecule has 1 rings (SSSR count). The Kier molecular flexibility index (Phi) is 3.69. The highest BCUT2D eigenvalue weighted by molar-refractivity contribution is 5.80. The Labute approximate surface area is 79.0 Å². The third-order valence-electron chi connectivity index (χ3n) is 2.17. The van der Waals surface area contributed by atoms with Gasteiger partial charge in [0.2, 0.25) is 5.91 Å². The van der Waals surface area contributed by atoms with Crippen molar-refractivity contribution in [3.8, 4) is 0 Å². The van der Waals surface area contributed by atoms with Crippen LogP contribution in [0.3, 0.4) is 0 Å². The van der Waals surface area contributed by atoms with Crippen molar-refractivity contribution in [3.05, 3.63) is 0 Å². The molecule has 2 N–H and O–H groups in total. The van der Waals surface area contributed by atoms with Crippen molar-refractivity contribution >= 4 is 5.91 Å². The van der Waals surface area contributed by atoms with Crippen molar-refractivity contribution in [1.82, 2.24) is 4.90 Å². The van der Waals surface area contributed by atoms with Crippen LogP contribution in [0.25, 0.3) is 0 Å². The van der Waals surface area contributed by atoms with Crippen LogP contribution >= 0.6 is 0 Å². The quantitative estimate of drug-likeness (QED) is 0.665. The molecule has 0 radical (unpaired) electrons. The number of nitrogens with zero attached hydrogens (tertiary/aromatic N) is 1. The molecule has 0 saturated carbocycles. The molecule has 0 aromatic carbocycles. The van der Waals surface area contributed by atoms with Crippen LogP contribution in [-0.4, -0.2) is 43.2 Å². The highest BCUT2D eigenvalue weighted by Crippen LogP contribution is 2.09. The lowest BCUT2D eigenvalue weighted by molar-refractivity contribution is -0.129. The van der Waals surface area contributed by atoms with Crippen molar-refractivity contribution in [2.24, 2.45) is 11.7 Å². The van der Waals surface area contributed by atoms with E-state index in [1.165, 1.54) is 0 Å². The zero-order valence-electron chi connectivity index (χ0n) is 8.32. The molecule has 0 aliphatic carbocycles. The van der Waals surface area contributed by atoms with Crippen LogP contribution in [0.2, 0.25) is 0 Å². The van der Waals surface area contributed by atoms with Crippen LogP contribution in [-0.2, 0) is 9.53 Å². The molecule has 4 heteroatoms. The average Bonchev–Trinajstić information content (AvgIpc) is 2.03. The fourth-order valence-electron chi connectivity index (χ4n) is 1.59. The first-order valence-corrected chi connectivity index (χ1v) is 4.72. The fraction of sp³-hybridized carbons (Fsp3) is 0.889. The number of hydrogen-bond donors (Lipinski definition) is 1. The van der Waals surface area contributed by atoms with Crippen molar-refractivity contribution < 1.29 is 9.53 Å². The van der Waals surface area contributed by atoms with E-state index in [2.05, 4.69) is 18.7 Å². The second-order valence-corrected chi connectivity index (χ2v) is 3.88. The Morgan fingerprint density at radius 1 is 1.69 bits per heavy atom. The van der Waals surface area contributed by atoms with Crippen LogP contribution < -0.4 is 5.73 Å². The number of rotatable bonds is 3. The van der Waals surface area contributed by atoms with E-state index in [0.717, 1.165) is 13.1 Å². The molecule has 1 fully saturated rings. The highest BCUT2D eigenvalue weighted by atomic mass is 16.5. The zero-order valence-corrected chi connectivity index (χ0v) is 8.32. The largest absolute Gasteiger partial charge is 0.378 e. The zero-order chi connectivity index (χ0) is 9.84. The number of carbonyl (C=O) groups excluding carboxylic acids is 1. The summed E-state index contributed by atoms with van der Waals surface area (Å²) in [6, 6.07) is -0.226. The van der Waals surface area contributed by atoms with Crippen molar-refractivity contribution in [2.75, 3.05) is 26.3 Å². The predicted molar refractivity (Wildman–Crippen MR) is 50.2 cm³/mol. The minimum atomic E-state index is -0.277. The lowest BCUT2D eigenvalue weighted by Crippen LogP contribution is -2.53. The number of nitrogens with two attached hydrogens (primary N) is 1. The maximum atomic E-state index is 11.0. The summed E-state index contributed by atoms with van der Waals surface area (Å²) in [5.41, 5.74) is 5.27. The molecule has 0 aromatic rings. The van der Waals surface area contributed by atoms with Crippen LogP contribution in [0, 0.1) is 5.92 Å². The molecule has 0 aromatic heterocycles. The molecule has 76 valence electrons. The highest BCUT2D eigenvalue weighted by Gasteiger charge is 2.27. The molecule has 0 unspecified atom stereocenters. The Hall–Kier alpha value is -0.610. The van der Waals surface area contributed by atoms with Crippen LogP contribution in [0.5, 0.6) is 0 Å². The first-order chi connectivity index (χ1) is 6.11. The summed E-state index contributed by atoms with van der Waals surface area (Å²) < 4.78 is 5.21. The van der Waals surface area contributed by atoms with E-state index < -0.39 is 0 Å². The maximum Gasteiger partial charge on any atom is 0.237 e. The number of amides is 1. The minimum absolute atomic E-state index is 0.226. The molecule has 4 nitrogen and oxygen atoms in total. The summed E-state index contributed by atoms with van der Waals surface area (Å²) in [6.07, 6.45) is 0. The Morgan fingerprint density at radius 3 is 2.92 bits per heavy atom. The number of primary amides is 1. The minimum Gasteiger partial charge on any atom is -0.378 e. The molecule has 1 aliphatic heterocycles. The normalized spacial score (nSPS) is 25.0. The van der Waals surface area contributed by atoms with Crippen molar-refractivity contribution in [1.29, 1.82) is 0 Å². The third-order valence-corrected chi connectivity index (χ3v) is 2.17. The standard InChI is InChI=1S/C9H18N2O2/c1-7(2)5-11-3-4-13-6-8(11)9(10)12/h7-8H,3-6H2,1-2H3,(H2,10,12)/t8-/m1/s1. The van der Waals surface area contributed by atoms with Gasteiger partial charge in [0.15, 0.2) is 0 Å². The summed E-state index contributed by atoms with van der Waals surface area (Å²) >= 11 is 0. The van der Waals surface area contributed by atoms with E-state index in [1.807, 2.05) is 0 Å². The van der Waals surface area contributed by atoms with Crippen LogP contribution in [0.4, 0.5) is 0 Å². The molecule has 1 aliphatic rings. The molecule has 0 spiro atoms. The molecule has 1 heterocycles. The van der Waals surface area contributed by atoms with Crippen molar-refractivity contribution in [2.45, 2.75) is 19.9 Å². The molecular formula is C9H18N2O2. The van der Waals surface area contributed by atoms with Gasteiger partial charge >= 0.3 is 0 Å². The van der Waals surface area contributed by atoms with Gasteiger partial charge < -0.3 is 10.5 Å². The topological polar surface area (TPSA) is 55.6 Å². The summed E-state index contributed by atoms with van der Waals surface area (Å²) in [5, 5.41) is 0. The van der Waals surface area contributed by atoms with Gasteiger partial charge in [-0.15, -0.1) is 0 Å². The van der Waals surface area contributed by atoms with E-state index in [9.17, 15) is 4.79 Å². The second kappa shape index (κ2) is 4.58. The van der Waals surface area contributed by atoms with Gasteiger partial charge in [-0.3, -0.25) is 9.69 Å². The van der Waals surface area contributed by atoms with Gasteiger partial charge in [-0.25, -0.2) is 0 Å². The fourth-order valence-corrected chi connectivity index (χ4v) is 1.59.